The summed E-state index contributed by atoms with van der Waals surface area (Å²) < 4.78 is 37.0. The van der Waals surface area contributed by atoms with Crippen LogP contribution in [0.2, 0.25) is 0 Å². The number of thiazole rings is 1. The number of nitrogens with zero attached hydrogens (tertiary/aromatic N) is 3. The Morgan fingerprint density at radius 3 is 2.88 bits per heavy atom. The first kappa shape index (κ1) is 25.9. The van der Waals surface area contributed by atoms with Crippen LogP contribution >= 0.6 is 11.3 Å². The molecule has 0 saturated carbocycles. The van der Waals surface area contributed by atoms with Crippen molar-refractivity contribution in [2.75, 3.05) is 23.6 Å². The quantitative estimate of drug-likeness (QED) is 0.255. The Morgan fingerprint density at radius 2 is 2.02 bits per heavy atom. The number of ether oxygens (including phenoxy) is 4. The van der Waals surface area contributed by atoms with Gasteiger partial charge >= 0.3 is 0 Å². The van der Waals surface area contributed by atoms with Gasteiger partial charge in [-0.05, 0) is 42.5 Å². The van der Waals surface area contributed by atoms with Crippen molar-refractivity contribution in [2.45, 2.75) is 19.3 Å². The minimum atomic E-state index is -0.582. The second-order valence-electron chi connectivity index (χ2n) is 9.62. The highest BCUT2D eigenvalue weighted by Gasteiger charge is 2.36. The standard InChI is InChI=1S/C29H21FN4O7S/c30-17-7-15(26-16(8-17)11-38-14-40-26)10-34-21-9-18(5-6-19(21)25(33-37)29(34)36)31-27(35)20-13-42-28(32-20)24-12-39-22-3-1-2-4-23(22)41-24/h1-9,13,24,37H,10-12,14H2,(H,31,35)/b33-25-. The normalized spacial score (nSPS) is 17.9. The van der Waals surface area contributed by atoms with Crippen LogP contribution in [0.5, 0.6) is 17.2 Å². The summed E-state index contributed by atoms with van der Waals surface area (Å²) >= 11 is 1.28. The van der Waals surface area contributed by atoms with E-state index in [0.29, 0.717) is 50.3 Å². The Kier molecular flexibility index (Phi) is 6.44. The van der Waals surface area contributed by atoms with E-state index in [9.17, 15) is 19.2 Å². The molecule has 1 aromatic heterocycles. The molecule has 11 nitrogen and oxygen atoms in total. The van der Waals surface area contributed by atoms with Crippen molar-refractivity contribution in [3.05, 3.63) is 93.2 Å². The second kappa shape index (κ2) is 10.4. The molecule has 0 saturated heterocycles. The SMILES string of the molecule is O=C(Nc1ccc2c(c1)N(Cc1cc(F)cc3c1OCOC3)C(=O)/C2=N\O)c1csc(C2COc3ccccc3O2)n1. The van der Waals surface area contributed by atoms with Gasteiger partial charge in [-0.15, -0.1) is 11.3 Å². The molecule has 3 aliphatic rings. The zero-order valence-corrected chi connectivity index (χ0v) is 22.5. The average Bonchev–Trinajstić information content (AvgIpc) is 3.60. The molecule has 2 N–H and O–H groups in total. The fraction of sp³-hybridized carbons (Fsp3) is 0.172. The summed E-state index contributed by atoms with van der Waals surface area (Å²) in [5, 5.41) is 17.8. The summed E-state index contributed by atoms with van der Waals surface area (Å²) in [6, 6.07) is 14.7. The van der Waals surface area contributed by atoms with E-state index in [2.05, 4.69) is 15.5 Å². The van der Waals surface area contributed by atoms with Crippen molar-refractivity contribution in [3.8, 4) is 17.2 Å². The molecule has 0 radical (unpaired) electrons. The molecule has 1 atom stereocenters. The molecule has 13 heteroatoms. The number of nitrogens with one attached hydrogen (secondary N) is 1. The molecule has 2 amide bonds. The molecule has 42 heavy (non-hydrogen) atoms. The largest absolute Gasteiger partial charge is 0.485 e. The lowest BCUT2D eigenvalue weighted by Crippen LogP contribution is -2.30. The maximum Gasteiger partial charge on any atom is 0.281 e. The van der Waals surface area contributed by atoms with E-state index in [-0.39, 0.29) is 38.0 Å². The zero-order valence-electron chi connectivity index (χ0n) is 21.7. The summed E-state index contributed by atoms with van der Waals surface area (Å²) in [5.41, 5.74) is 2.08. The number of anilines is 2. The molecule has 0 bridgehead atoms. The molecule has 7 rings (SSSR count). The molecule has 212 valence electrons. The van der Waals surface area contributed by atoms with E-state index < -0.39 is 23.7 Å². The Balaban J connectivity index is 1.12. The van der Waals surface area contributed by atoms with Gasteiger partial charge in [-0.3, -0.25) is 9.59 Å². The van der Waals surface area contributed by atoms with Gasteiger partial charge in [0, 0.05) is 27.8 Å². The summed E-state index contributed by atoms with van der Waals surface area (Å²) in [6.07, 6.45) is -0.452. The number of benzene rings is 3. The highest BCUT2D eigenvalue weighted by atomic mass is 32.1. The van der Waals surface area contributed by atoms with Gasteiger partial charge in [0.2, 0.25) is 0 Å². The van der Waals surface area contributed by atoms with Gasteiger partial charge in [0.1, 0.15) is 28.9 Å². The number of aromatic nitrogens is 1. The molecule has 1 unspecified atom stereocenters. The van der Waals surface area contributed by atoms with Crippen LogP contribution in [0.15, 0.2) is 65.1 Å². The Morgan fingerprint density at radius 1 is 1.17 bits per heavy atom. The Bertz CT molecular complexity index is 1770. The summed E-state index contributed by atoms with van der Waals surface area (Å²) in [7, 11) is 0. The number of carbonyl (C=O) groups excluding carboxylic acids is 2. The Hall–Kier alpha value is -5.01. The molecule has 0 aliphatic carbocycles. The van der Waals surface area contributed by atoms with Crippen molar-refractivity contribution in [2.24, 2.45) is 5.16 Å². The summed E-state index contributed by atoms with van der Waals surface area (Å²) in [4.78, 5) is 32.1. The van der Waals surface area contributed by atoms with Gasteiger partial charge in [-0.1, -0.05) is 17.3 Å². The maximum atomic E-state index is 14.4. The number of fused-ring (bicyclic) bond motifs is 3. The van der Waals surface area contributed by atoms with Crippen molar-refractivity contribution in [3.63, 3.8) is 0 Å². The van der Waals surface area contributed by atoms with E-state index >= 15 is 0 Å². The average molecular weight is 589 g/mol. The molecule has 0 spiro atoms. The van der Waals surface area contributed by atoms with Gasteiger partial charge < -0.3 is 34.4 Å². The van der Waals surface area contributed by atoms with Crippen LogP contribution in [0.4, 0.5) is 15.8 Å². The number of carbonyl (C=O) groups is 2. The molecule has 3 aliphatic heterocycles. The molecular formula is C29H21FN4O7S. The predicted octanol–water partition coefficient (Wildman–Crippen LogP) is 4.64. The molecule has 4 aromatic rings. The van der Waals surface area contributed by atoms with Crippen molar-refractivity contribution in [1.29, 1.82) is 0 Å². The highest BCUT2D eigenvalue weighted by Crippen LogP contribution is 2.38. The predicted molar refractivity (Wildman–Crippen MR) is 148 cm³/mol. The van der Waals surface area contributed by atoms with E-state index in [1.807, 2.05) is 24.3 Å². The fourth-order valence-corrected chi connectivity index (χ4v) is 5.87. The number of hydrogen-bond acceptors (Lipinski definition) is 10. The second-order valence-corrected chi connectivity index (χ2v) is 10.5. The van der Waals surface area contributed by atoms with Gasteiger partial charge in [0.05, 0.1) is 18.8 Å². The third-order valence-corrected chi connectivity index (χ3v) is 7.90. The van der Waals surface area contributed by atoms with Gasteiger partial charge in [0.25, 0.3) is 11.8 Å². The van der Waals surface area contributed by atoms with Crippen molar-refractivity contribution < 1.29 is 38.1 Å². The number of amides is 2. The van der Waals surface area contributed by atoms with Crippen LogP contribution in [-0.4, -0.2) is 41.1 Å². The monoisotopic (exact) mass is 588 g/mol. The number of para-hydroxylation sites is 2. The fourth-order valence-electron chi connectivity index (χ4n) is 5.06. The number of oxime groups is 1. The summed E-state index contributed by atoms with van der Waals surface area (Å²) in [6.45, 7) is 0.378. The lowest BCUT2D eigenvalue weighted by Gasteiger charge is -2.24. The third-order valence-electron chi connectivity index (χ3n) is 6.97. The van der Waals surface area contributed by atoms with Crippen LogP contribution in [0.25, 0.3) is 0 Å². The van der Waals surface area contributed by atoms with Crippen LogP contribution in [0.1, 0.15) is 38.3 Å². The Labute approximate surface area is 241 Å². The maximum absolute atomic E-state index is 14.4. The van der Waals surface area contributed by atoms with Gasteiger partial charge in [-0.2, -0.15) is 0 Å². The van der Waals surface area contributed by atoms with Gasteiger partial charge in [-0.25, -0.2) is 9.37 Å². The lowest BCUT2D eigenvalue weighted by molar-refractivity contribution is -0.112. The van der Waals surface area contributed by atoms with Gasteiger partial charge in [0.15, 0.2) is 30.1 Å². The topological polar surface area (TPSA) is 132 Å². The molecule has 0 fully saturated rings. The number of halogens is 1. The summed E-state index contributed by atoms with van der Waals surface area (Å²) in [5.74, 6) is 0.151. The van der Waals surface area contributed by atoms with Crippen molar-refractivity contribution >= 4 is 40.2 Å². The molecule has 4 heterocycles. The van der Waals surface area contributed by atoms with Crippen LogP contribution in [0, 0.1) is 5.82 Å². The van der Waals surface area contributed by atoms with E-state index in [1.54, 1.807) is 23.6 Å². The van der Waals surface area contributed by atoms with E-state index in [0.717, 1.165) is 0 Å². The zero-order chi connectivity index (χ0) is 28.8. The minimum Gasteiger partial charge on any atom is -0.485 e. The first-order chi connectivity index (χ1) is 20.5. The smallest absolute Gasteiger partial charge is 0.281 e. The number of rotatable bonds is 5. The first-order valence-electron chi connectivity index (χ1n) is 12.8. The van der Waals surface area contributed by atoms with Crippen LogP contribution < -0.4 is 24.4 Å². The van der Waals surface area contributed by atoms with E-state index in [4.69, 9.17) is 18.9 Å². The molecule has 3 aromatic carbocycles. The third kappa shape index (κ3) is 4.58. The number of hydrogen-bond donors (Lipinski definition) is 2. The van der Waals surface area contributed by atoms with Crippen LogP contribution in [0.3, 0.4) is 0 Å². The molecular weight excluding hydrogens is 567 g/mol. The van der Waals surface area contributed by atoms with Crippen molar-refractivity contribution in [1.82, 2.24) is 4.98 Å². The lowest BCUT2D eigenvalue weighted by atomic mass is 10.1. The highest BCUT2D eigenvalue weighted by molar-refractivity contribution is 7.09. The van der Waals surface area contributed by atoms with E-state index in [1.165, 1.54) is 28.4 Å². The minimum absolute atomic E-state index is 0.00121. The first-order valence-corrected chi connectivity index (χ1v) is 13.7. The van der Waals surface area contributed by atoms with Crippen LogP contribution in [-0.2, 0) is 22.7 Å².